The predicted molar refractivity (Wildman–Crippen MR) is 104 cm³/mol. The lowest BCUT2D eigenvalue weighted by atomic mass is 9.75. The third-order valence-electron chi connectivity index (χ3n) is 5.90. The second-order valence-electron chi connectivity index (χ2n) is 7.89. The molecule has 0 aromatic rings. The lowest BCUT2D eigenvalue weighted by molar-refractivity contribution is -0.136. The van der Waals surface area contributed by atoms with Gasteiger partial charge in [0, 0.05) is 0 Å². The van der Waals surface area contributed by atoms with Gasteiger partial charge in [0.1, 0.15) is 0 Å². The minimum Gasteiger partial charge on any atom is -0.481 e. The van der Waals surface area contributed by atoms with E-state index in [4.69, 9.17) is 9.84 Å². The minimum absolute atomic E-state index is 0.0698. The van der Waals surface area contributed by atoms with Gasteiger partial charge in [-0.25, -0.2) is 0 Å². The van der Waals surface area contributed by atoms with Gasteiger partial charge < -0.3 is 14.9 Å². The van der Waals surface area contributed by atoms with Crippen LogP contribution in [0.25, 0.3) is 0 Å². The number of unbranched alkanes of at least 4 members (excludes halogenated alkanes) is 3. The monoisotopic (exact) mass is 364 g/mol. The second-order valence-corrected chi connectivity index (χ2v) is 7.89. The summed E-state index contributed by atoms with van der Waals surface area (Å²) < 4.78 is 6.14. The first kappa shape index (κ1) is 21.2. The largest absolute Gasteiger partial charge is 0.481 e. The Labute approximate surface area is 158 Å². The first-order chi connectivity index (χ1) is 12.6. The van der Waals surface area contributed by atoms with Crippen LogP contribution in [0, 0.1) is 11.8 Å². The Morgan fingerprint density at radius 3 is 2.54 bits per heavy atom. The van der Waals surface area contributed by atoms with Crippen molar-refractivity contribution in [1.82, 2.24) is 0 Å². The molecule has 0 aromatic heterocycles. The van der Waals surface area contributed by atoms with Gasteiger partial charge in [0.15, 0.2) is 0 Å². The van der Waals surface area contributed by atoms with Crippen molar-refractivity contribution in [2.75, 3.05) is 0 Å². The lowest BCUT2D eigenvalue weighted by Gasteiger charge is -2.28. The smallest absolute Gasteiger partial charge is 0.307 e. The van der Waals surface area contributed by atoms with E-state index in [1.54, 1.807) is 6.08 Å². The molecular weight excluding hydrogens is 328 g/mol. The molecule has 148 valence electrons. The zero-order valence-electron chi connectivity index (χ0n) is 16.2. The van der Waals surface area contributed by atoms with E-state index in [0.29, 0.717) is 24.0 Å². The Morgan fingerprint density at radius 2 is 1.81 bits per heavy atom. The normalized spacial score (nSPS) is 29.2. The summed E-state index contributed by atoms with van der Waals surface area (Å²) in [5.74, 6) is 0.307. The topological polar surface area (TPSA) is 66.8 Å². The van der Waals surface area contributed by atoms with Crippen LogP contribution in [0.2, 0.25) is 0 Å². The van der Waals surface area contributed by atoms with Crippen molar-refractivity contribution in [3.63, 3.8) is 0 Å². The van der Waals surface area contributed by atoms with E-state index in [9.17, 15) is 9.90 Å². The fourth-order valence-corrected chi connectivity index (χ4v) is 4.49. The van der Waals surface area contributed by atoms with Crippen molar-refractivity contribution >= 4 is 5.97 Å². The Morgan fingerprint density at radius 1 is 1.08 bits per heavy atom. The van der Waals surface area contributed by atoms with E-state index >= 15 is 0 Å². The first-order valence-electron chi connectivity index (χ1n) is 10.5. The van der Waals surface area contributed by atoms with Gasteiger partial charge in [0.25, 0.3) is 0 Å². The Kier molecular flexibility index (Phi) is 9.41. The number of carboxylic acid groups (broad SMARTS) is 1. The zero-order valence-corrected chi connectivity index (χ0v) is 16.2. The molecule has 2 N–H and O–H groups in total. The van der Waals surface area contributed by atoms with E-state index < -0.39 is 5.97 Å². The van der Waals surface area contributed by atoms with E-state index in [-0.39, 0.29) is 12.5 Å². The van der Waals surface area contributed by atoms with Crippen molar-refractivity contribution in [3.05, 3.63) is 24.3 Å². The maximum Gasteiger partial charge on any atom is 0.307 e. The molecule has 2 rings (SSSR count). The molecule has 26 heavy (non-hydrogen) atoms. The number of ether oxygens (including phenoxy) is 1. The van der Waals surface area contributed by atoms with Crippen LogP contribution in [0.3, 0.4) is 0 Å². The van der Waals surface area contributed by atoms with Crippen molar-refractivity contribution in [2.24, 2.45) is 11.8 Å². The van der Waals surface area contributed by atoms with E-state index in [1.165, 1.54) is 25.7 Å². The van der Waals surface area contributed by atoms with Crippen LogP contribution < -0.4 is 0 Å². The predicted octanol–water partition coefficient (Wildman–Crippen LogP) is 4.87. The van der Waals surface area contributed by atoms with Gasteiger partial charge in [-0.2, -0.15) is 0 Å². The summed E-state index contributed by atoms with van der Waals surface area (Å²) in [5.41, 5.74) is 0. The molecule has 0 radical (unpaired) electrons. The van der Waals surface area contributed by atoms with Gasteiger partial charge in [-0.3, -0.25) is 4.79 Å². The lowest BCUT2D eigenvalue weighted by Crippen LogP contribution is -2.27. The highest BCUT2D eigenvalue weighted by Crippen LogP contribution is 2.47. The third kappa shape index (κ3) is 6.88. The van der Waals surface area contributed by atoms with Crippen molar-refractivity contribution in [2.45, 2.75) is 95.9 Å². The summed E-state index contributed by atoms with van der Waals surface area (Å²) in [7, 11) is 0. The maximum atomic E-state index is 10.5. The number of carbonyl (C=O) groups is 1. The molecule has 2 saturated heterocycles. The van der Waals surface area contributed by atoms with Crippen LogP contribution in [-0.4, -0.2) is 34.5 Å². The molecule has 4 nitrogen and oxygen atoms in total. The quantitative estimate of drug-likeness (QED) is 0.361. The number of aliphatic carboxylic acids is 1. The molecule has 0 aliphatic carbocycles. The van der Waals surface area contributed by atoms with Crippen LogP contribution in [0.15, 0.2) is 24.3 Å². The summed E-state index contributed by atoms with van der Waals surface area (Å²) in [4.78, 5) is 10.5. The van der Waals surface area contributed by atoms with Crippen LogP contribution in [0.5, 0.6) is 0 Å². The van der Waals surface area contributed by atoms with Crippen LogP contribution >= 0.6 is 0 Å². The van der Waals surface area contributed by atoms with Gasteiger partial charge in [-0.15, -0.1) is 0 Å². The maximum absolute atomic E-state index is 10.5. The number of rotatable bonds is 13. The summed E-state index contributed by atoms with van der Waals surface area (Å²) in [5, 5.41) is 18.9. The van der Waals surface area contributed by atoms with Crippen molar-refractivity contribution < 1.29 is 19.7 Å². The molecule has 1 unspecified atom stereocenters. The highest BCUT2D eigenvalue weighted by atomic mass is 16.5. The second kappa shape index (κ2) is 11.6. The SMILES string of the molecule is CCCCCCC(O)CC[C@@H]1[C@H](C/C=C\C=CCC(=O)O)[C@@H]2CC[C@H]1O2. The number of hydrogen-bond donors (Lipinski definition) is 2. The average Bonchev–Trinajstić information content (AvgIpc) is 3.21. The number of hydrogen-bond acceptors (Lipinski definition) is 3. The van der Waals surface area contributed by atoms with E-state index in [2.05, 4.69) is 13.0 Å². The molecule has 2 heterocycles. The third-order valence-corrected chi connectivity index (χ3v) is 5.90. The summed E-state index contributed by atoms with van der Waals surface area (Å²) in [6.07, 6.45) is 19.3. The van der Waals surface area contributed by atoms with Gasteiger partial charge in [0.2, 0.25) is 0 Å². The van der Waals surface area contributed by atoms with Gasteiger partial charge in [-0.05, 0) is 50.4 Å². The number of allylic oxidation sites excluding steroid dienone is 3. The molecule has 0 spiro atoms. The number of aliphatic hydroxyl groups is 1. The molecular formula is C22H36O4. The van der Waals surface area contributed by atoms with Crippen LogP contribution in [0.4, 0.5) is 0 Å². The number of aliphatic hydroxyl groups excluding tert-OH is 1. The Bertz CT molecular complexity index is 471. The molecule has 0 aromatic carbocycles. The van der Waals surface area contributed by atoms with Gasteiger partial charge in [0.05, 0.1) is 24.7 Å². The van der Waals surface area contributed by atoms with E-state index in [0.717, 1.165) is 38.5 Å². The summed E-state index contributed by atoms with van der Waals surface area (Å²) in [6, 6.07) is 0. The summed E-state index contributed by atoms with van der Waals surface area (Å²) >= 11 is 0. The van der Waals surface area contributed by atoms with Crippen LogP contribution in [-0.2, 0) is 9.53 Å². The summed E-state index contributed by atoms with van der Waals surface area (Å²) in [6.45, 7) is 2.21. The number of carboxylic acids is 1. The average molecular weight is 365 g/mol. The molecule has 4 heteroatoms. The van der Waals surface area contributed by atoms with Crippen molar-refractivity contribution in [1.29, 1.82) is 0 Å². The van der Waals surface area contributed by atoms with Gasteiger partial charge >= 0.3 is 5.97 Å². The standard InChI is InChI=1S/C22H36O4/c1-2-3-4-7-10-17(23)13-14-19-18(20-15-16-21(19)26-20)11-8-5-6-9-12-22(24)25/h5-6,8-9,17-21,23H,2-4,7,10-16H2,1H3,(H,24,25)/b8-5-,9-6?/t17?,18-,19+,20-,21+/m0/s1. The fraction of sp³-hybridized carbons (Fsp3) is 0.773. The molecule has 2 fully saturated rings. The highest BCUT2D eigenvalue weighted by molar-refractivity contribution is 5.68. The molecule has 0 amide bonds. The molecule has 2 aliphatic rings. The molecule has 5 atom stereocenters. The Hall–Kier alpha value is -1.13. The molecule has 2 bridgehead atoms. The van der Waals surface area contributed by atoms with E-state index in [1.807, 2.05) is 12.2 Å². The molecule has 0 saturated carbocycles. The first-order valence-corrected chi connectivity index (χ1v) is 10.5. The number of fused-ring (bicyclic) bond motifs is 2. The molecule has 2 aliphatic heterocycles. The zero-order chi connectivity index (χ0) is 18.8. The highest BCUT2D eigenvalue weighted by Gasteiger charge is 2.47. The minimum atomic E-state index is -0.801. The van der Waals surface area contributed by atoms with Crippen molar-refractivity contribution in [3.8, 4) is 0 Å². The fourth-order valence-electron chi connectivity index (χ4n) is 4.49. The van der Waals surface area contributed by atoms with Gasteiger partial charge in [-0.1, -0.05) is 56.9 Å². The Balaban J connectivity index is 1.72. The van der Waals surface area contributed by atoms with Crippen LogP contribution in [0.1, 0.15) is 77.6 Å².